The molecule has 0 bridgehead atoms. The Bertz CT molecular complexity index is 1160. The highest BCUT2D eigenvalue weighted by Crippen LogP contribution is 2.49. The molecule has 3 rings (SSSR count). The second-order valence-corrected chi connectivity index (χ2v) is 10.2. The maximum Gasteiger partial charge on any atom is 0.160 e. The number of halogens is 1. The van der Waals surface area contributed by atoms with Crippen LogP contribution >= 0.6 is 23.4 Å². The molecule has 0 spiro atoms. The normalized spacial score (nSPS) is 13.3. The summed E-state index contributed by atoms with van der Waals surface area (Å²) in [6.45, 7) is 12.4. The summed E-state index contributed by atoms with van der Waals surface area (Å²) in [5.41, 5.74) is 10.2. The third-order valence-corrected chi connectivity index (χ3v) is 6.88. The van der Waals surface area contributed by atoms with Crippen LogP contribution < -0.4 is 10.9 Å². The Labute approximate surface area is 237 Å². The van der Waals surface area contributed by atoms with Crippen LogP contribution in [0, 0.1) is 11.3 Å². The summed E-state index contributed by atoms with van der Waals surface area (Å²) in [5.74, 6) is 0.0488. The second kappa shape index (κ2) is 18.3. The molecule has 1 saturated carbocycles. The number of carbonyl (C=O) groups is 2. The van der Waals surface area contributed by atoms with Crippen molar-refractivity contribution in [1.82, 2.24) is 10.9 Å². The molecule has 0 atom stereocenters. The van der Waals surface area contributed by atoms with Crippen molar-refractivity contribution in [3.8, 4) is 6.07 Å². The Morgan fingerprint density at radius 3 is 2.47 bits per heavy atom. The number of carbonyl (C=O) groups excluding carboxylic acids is 2. The fraction of sp³-hybridized carbons (Fsp3) is 0.323. The molecule has 5 nitrogen and oxygen atoms in total. The van der Waals surface area contributed by atoms with Crippen LogP contribution in [0.4, 0.5) is 0 Å². The van der Waals surface area contributed by atoms with E-state index in [0.29, 0.717) is 17.5 Å². The number of nitriles is 1. The van der Waals surface area contributed by atoms with E-state index in [9.17, 15) is 9.59 Å². The van der Waals surface area contributed by atoms with Gasteiger partial charge >= 0.3 is 0 Å². The minimum absolute atomic E-state index is 0.0488. The number of ketones is 1. The van der Waals surface area contributed by atoms with Gasteiger partial charge in [0.1, 0.15) is 6.29 Å². The lowest BCUT2D eigenvalue weighted by Gasteiger charge is -2.13. The molecule has 0 aromatic heterocycles. The van der Waals surface area contributed by atoms with Crippen molar-refractivity contribution < 1.29 is 9.59 Å². The van der Waals surface area contributed by atoms with Crippen LogP contribution in [0.25, 0.3) is 4.91 Å². The van der Waals surface area contributed by atoms with Crippen molar-refractivity contribution in [1.29, 1.82) is 5.26 Å². The minimum Gasteiger partial charge on any atom is -0.299 e. The zero-order chi connectivity index (χ0) is 28.4. The van der Waals surface area contributed by atoms with E-state index in [1.165, 1.54) is 34.9 Å². The lowest BCUT2D eigenvalue weighted by atomic mass is 9.96. The lowest BCUT2D eigenvalue weighted by Crippen LogP contribution is -2.31. The zero-order valence-electron chi connectivity index (χ0n) is 22.7. The van der Waals surface area contributed by atoms with Gasteiger partial charge in [0.05, 0.1) is 12.6 Å². The SMILES string of the molecule is C=CS/C(=C\C)c1cc(Cl)cc(C2(C)CC2)c1.CC(=O)c1ccccc1CNNCC#N.CC/C=C\C=O. The summed E-state index contributed by atoms with van der Waals surface area (Å²) >= 11 is 7.87. The number of hydrazine groups is 1. The standard InChI is InChI=1S/C15H17ClS.C11H13N3O.C5H8O/c1-4-14(17-5-2)11-8-12(10-13(16)9-11)15(3)6-7-15;1-9(15)11-5-3-2-4-10(11)8-14-13-7-6-12;1-2-3-4-5-6/h4-5,8-10H,2,6-7H2,1,3H3;2-5,13-14H,7-8H2,1H3;3-5H,2H2,1H3/b14-4-;;4-3-. The van der Waals surface area contributed by atoms with Gasteiger partial charge in [-0.05, 0) is 84.9 Å². The van der Waals surface area contributed by atoms with Crippen LogP contribution in [0.3, 0.4) is 0 Å². The van der Waals surface area contributed by atoms with Gasteiger partial charge in [-0.25, -0.2) is 5.43 Å². The Morgan fingerprint density at radius 2 is 1.95 bits per heavy atom. The number of rotatable bonds is 11. The van der Waals surface area contributed by atoms with Crippen molar-refractivity contribution in [2.24, 2.45) is 0 Å². The first-order valence-electron chi connectivity index (χ1n) is 12.5. The number of aldehydes is 1. The van der Waals surface area contributed by atoms with Crippen LogP contribution in [0.2, 0.25) is 5.02 Å². The molecule has 1 fully saturated rings. The van der Waals surface area contributed by atoms with Crippen molar-refractivity contribution in [3.05, 3.63) is 100.0 Å². The Hall–Kier alpha value is -2.95. The van der Waals surface area contributed by atoms with E-state index in [-0.39, 0.29) is 12.3 Å². The van der Waals surface area contributed by atoms with E-state index in [0.717, 1.165) is 23.3 Å². The molecular formula is C31H38ClN3O2S. The summed E-state index contributed by atoms with van der Waals surface area (Å²) < 4.78 is 0. The number of hydrogen-bond acceptors (Lipinski definition) is 6. The number of hydrogen-bond donors (Lipinski definition) is 2. The molecule has 38 heavy (non-hydrogen) atoms. The Morgan fingerprint density at radius 1 is 1.24 bits per heavy atom. The van der Waals surface area contributed by atoms with Gasteiger partial charge in [0.2, 0.25) is 0 Å². The number of Topliss-reactive ketones (excluding diaryl/α,β-unsaturated/α-hetero) is 1. The summed E-state index contributed by atoms with van der Waals surface area (Å²) in [4.78, 5) is 21.9. The first-order valence-corrected chi connectivity index (χ1v) is 13.8. The van der Waals surface area contributed by atoms with Gasteiger partial charge < -0.3 is 0 Å². The van der Waals surface area contributed by atoms with Gasteiger partial charge in [-0.15, -0.1) is 0 Å². The molecule has 2 N–H and O–H groups in total. The monoisotopic (exact) mass is 551 g/mol. The largest absolute Gasteiger partial charge is 0.299 e. The molecule has 0 saturated heterocycles. The highest BCUT2D eigenvalue weighted by molar-refractivity contribution is 8.10. The summed E-state index contributed by atoms with van der Waals surface area (Å²) in [6, 6.07) is 15.8. The van der Waals surface area contributed by atoms with Crippen molar-refractivity contribution in [2.75, 3.05) is 6.54 Å². The molecule has 7 heteroatoms. The fourth-order valence-electron chi connectivity index (χ4n) is 3.42. The predicted octanol–water partition coefficient (Wildman–Crippen LogP) is 7.79. The van der Waals surface area contributed by atoms with Gasteiger partial charge in [-0.3, -0.25) is 15.0 Å². The maximum atomic E-state index is 11.3. The summed E-state index contributed by atoms with van der Waals surface area (Å²) in [5, 5.41) is 11.0. The van der Waals surface area contributed by atoms with E-state index in [4.69, 9.17) is 16.9 Å². The fourth-order valence-corrected chi connectivity index (χ4v) is 4.22. The van der Waals surface area contributed by atoms with Crippen molar-refractivity contribution in [3.63, 3.8) is 0 Å². The van der Waals surface area contributed by atoms with Gasteiger partial charge in [0, 0.05) is 22.0 Å². The molecule has 1 aliphatic rings. The first kappa shape index (κ1) is 33.1. The Kier molecular flexibility index (Phi) is 16.0. The highest BCUT2D eigenvalue weighted by atomic mass is 35.5. The first-order chi connectivity index (χ1) is 18.3. The van der Waals surface area contributed by atoms with Gasteiger partial charge in [0.25, 0.3) is 0 Å². The van der Waals surface area contributed by atoms with E-state index < -0.39 is 0 Å². The van der Waals surface area contributed by atoms with Crippen LogP contribution in [-0.4, -0.2) is 18.6 Å². The number of thioether (sulfide) groups is 1. The smallest absolute Gasteiger partial charge is 0.160 e. The van der Waals surface area contributed by atoms with Crippen LogP contribution in [-0.2, 0) is 16.8 Å². The third-order valence-electron chi connectivity index (χ3n) is 5.77. The van der Waals surface area contributed by atoms with Crippen molar-refractivity contribution in [2.45, 2.75) is 58.9 Å². The van der Waals surface area contributed by atoms with Gasteiger partial charge in [-0.2, -0.15) is 5.26 Å². The lowest BCUT2D eigenvalue weighted by molar-refractivity contribution is -0.104. The van der Waals surface area contributed by atoms with E-state index in [2.05, 4.69) is 42.6 Å². The van der Waals surface area contributed by atoms with Crippen LogP contribution in [0.15, 0.2) is 72.7 Å². The van der Waals surface area contributed by atoms with Gasteiger partial charge in [0.15, 0.2) is 5.78 Å². The third kappa shape index (κ3) is 12.1. The van der Waals surface area contributed by atoms with E-state index in [1.54, 1.807) is 24.8 Å². The molecule has 2 aromatic carbocycles. The van der Waals surface area contributed by atoms with Crippen molar-refractivity contribution >= 4 is 40.3 Å². The van der Waals surface area contributed by atoms with E-state index in [1.807, 2.05) is 55.7 Å². The molecule has 0 radical (unpaired) electrons. The number of nitrogens with zero attached hydrogens (tertiary/aromatic N) is 1. The molecule has 202 valence electrons. The Balaban J connectivity index is 0.000000316. The highest BCUT2D eigenvalue weighted by Gasteiger charge is 2.39. The van der Waals surface area contributed by atoms with Crippen LogP contribution in [0.1, 0.15) is 74.0 Å². The molecule has 2 aromatic rings. The minimum atomic E-state index is 0.0488. The molecule has 0 aliphatic heterocycles. The average molecular weight is 552 g/mol. The average Bonchev–Trinajstić information content (AvgIpc) is 3.67. The quantitative estimate of drug-likeness (QED) is 0.0740. The zero-order valence-corrected chi connectivity index (χ0v) is 24.3. The van der Waals surface area contributed by atoms with E-state index >= 15 is 0 Å². The molecular weight excluding hydrogens is 514 g/mol. The molecule has 0 amide bonds. The molecule has 0 heterocycles. The number of nitrogens with one attached hydrogen (secondary N) is 2. The van der Waals surface area contributed by atoms with Crippen LogP contribution in [0.5, 0.6) is 0 Å². The number of benzene rings is 2. The summed E-state index contributed by atoms with van der Waals surface area (Å²) in [7, 11) is 0. The topological polar surface area (TPSA) is 82.0 Å². The molecule has 1 aliphatic carbocycles. The maximum absolute atomic E-state index is 11.3. The van der Waals surface area contributed by atoms with Gasteiger partial charge in [-0.1, -0.05) is 80.2 Å². The summed E-state index contributed by atoms with van der Waals surface area (Å²) in [6.07, 6.45) is 9.69. The number of allylic oxidation sites excluding steroid dienone is 3. The predicted molar refractivity (Wildman–Crippen MR) is 162 cm³/mol. The molecule has 0 unspecified atom stereocenters. The second-order valence-electron chi connectivity index (χ2n) is 8.78.